The van der Waals surface area contributed by atoms with Gasteiger partial charge < -0.3 is 8.78 Å². The van der Waals surface area contributed by atoms with E-state index in [0.717, 1.165) is 63.4 Å². The molecule has 0 aliphatic carbocycles. The van der Waals surface area contributed by atoms with Crippen molar-refractivity contribution in [1.82, 2.24) is 18.6 Å². The summed E-state index contributed by atoms with van der Waals surface area (Å²) in [6.07, 6.45) is 3.29. The molecule has 4 rings (SSSR count). The van der Waals surface area contributed by atoms with Crippen molar-refractivity contribution in [3.63, 3.8) is 0 Å². The van der Waals surface area contributed by atoms with E-state index in [4.69, 9.17) is 0 Å². The van der Waals surface area contributed by atoms with Crippen LogP contribution in [0, 0.1) is 0 Å². The normalized spacial score (nSPS) is 20.7. The molecule has 2 aromatic carbocycles. The monoisotopic (exact) mass is 460 g/mol. The van der Waals surface area contributed by atoms with E-state index in [0.29, 0.717) is 6.04 Å². The average Bonchev–Trinajstić information content (AvgIpc) is 3.29. The second kappa shape index (κ2) is 11.2. The third-order valence-electron chi connectivity index (χ3n) is 7.45. The van der Waals surface area contributed by atoms with Gasteiger partial charge in [0.25, 0.3) is 16.5 Å². The molecule has 174 valence electrons. The first kappa shape index (κ1) is 24.4. The summed E-state index contributed by atoms with van der Waals surface area (Å²) < 4.78 is 2.34. The SMILES string of the molecule is CN(C)C(=O)C(CCN1CCC[C@H]1CN1CC[N]([Al])CC1)(c1ccccc1)c1ccccc1. The van der Waals surface area contributed by atoms with E-state index in [9.17, 15) is 4.79 Å². The topological polar surface area (TPSA) is 30.0 Å². The molecule has 0 N–H and O–H groups in total. The van der Waals surface area contributed by atoms with E-state index >= 15 is 0 Å². The summed E-state index contributed by atoms with van der Waals surface area (Å²) in [6.45, 7) is 7.74. The van der Waals surface area contributed by atoms with Crippen molar-refractivity contribution in [2.75, 3.05) is 59.9 Å². The number of rotatable bonds is 8. The maximum Gasteiger partial charge on any atom is 0.256 e. The van der Waals surface area contributed by atoms with Gasteiger partial charge in [0.15, 0.2) is 0 Å². The molecule has 0 saturated carbocycles. The summed E-state index contributed by atoms with van der Waals surface area (Å²) >= 11 is 2.84. The highest BCUT2D eigenvalue weighted by Crippen LogP contribution is 2.38. The maximum atomic E-state index is 13.9. The van der Waals surface area contributed by atoms with E-state index in [1.165, 1.54) is 12.8 Å². The third-order valence-corrected chi connectivity index (χ3v) is 7.97. The first-order valence-electron chi connectivity index (χ1n) is 12.3. The molecule has 0 aromatic heterocycles. The van der Waals surface area contributed by atoms with Crippen molar-refractivity contribution in [3.8, 4) is 0 Å². The molecule has 33 heavy (non-hydrogen) atoms. The molecule has 6 heteroatoms. The minimum atomic E-state index is -0.676. The van der Waals surface area contributed by atoms with E-state index < -0.39 is 5.41 Å². The van der Waals surface area contributed by atoms with Crippen molar-refractivity contribution in [1.29, 1.82) is 0 Å². The summed E-state index contributed by atoms with van der Waals surface area (Å²) in [4.78, 5) is 20.9. The molecule has 2 saturated heterocycles. The molecular formula is C27H37AlN4O. The lowest BCUT2D eigenvalue weighted by Crippen LogP contribution is -2.51. The summed E-state index contributed by atoms with van der Waals surface area (Å²) in [7, 11) is 3.76. The standard InChI is InChI=1S/C27H37N4O.Al/c1-29(2)26(32)27(23-10-5-3-6-11-23,24-12-7-4-8-13-24)15-19-31-18-9-14-25(31)22-30-20-16-28-17-21-30;/h3-8,10-13,25H,9,14-22H2,1-2H3;/q-1;+1/t25-;/m0./s1. The molecule has 2 aliphatic heterocycles. The lowest BCUT2D eigenvalue weighted by atomic mass is 9.70. The Morgan fingerprint density at radius 3 is 2.06 bits per heavy atom. The number of likely N-dealkylation sites (N-methyl/N-ethyl adjacent to an activating group) is 1. The van der Waals surface area contributed by atoms with Crippen LogP contribution < -0.4 is 0 Å². The van der Waals surface area contributed by atoms with E-state index in [-0.39, 0.29) is 5.91 Å². The van der Waals surface area contributed by atoms with Gasteiger partial charge in [0.2, 0.25) is 5.91 Å². The summed E-state index contributed by atoms with van der Waals surface area (Å²) in [5, 5.41) is 0. The Morgan fingerprint density at radius 1 is 0.939 bits per heavy atom. The van der Waals surface area contributed by atoms with Crippen LogP contribution >= 0.6 is 0 Å². The van der Waals surface area contributed by atoms with Crippen LogP contribution in [0.4, 0.5) is 0 Å². The zero-order valence-electron chi connectivity index (χ0n) is 20.2. The average molecular weight is 461 g/mol. The zero-order valence-corrected chi connectivity index (χ0v) is 21.4. The van der Waals surface area contributed by atoms with Crippen LogP contribution in [0.2, 0.25) is 0 Å². The Balaban J connectivity index is 1.58. The maximum absolute atomic E-state index is 13.9. The summed E-state index contributed by atoms with van der Waals surface area (Å²) in [5.41, 5.74) is 1.49. The summed E-state index contributed by atoms with van der Waals surface area (Å²) in [5.74, 6) is 0.159. The fourth-order valence-corrected chi connectivity index (χ4v) is 5.82. The Kier molecular flexibility index (Phi) is 8.27. The Labute approximate surface area is 208 Å². The van der Waals surface area contributed by atoms with Gasteiger partial charge in [-0.05, 0) is 50.0 Å². The van der Waals surface area contributed by atoms with Crippen LogP contribution in [0.5, 0.6) is 0 Å². The van der Waals surface area contributed by atoms with Gasteiger partial charge in [0.1, 0.15) is 5.41 Å². The first-order valence-corrected chi connectivity index (χ1v) is 12.8. The Bertz CT molecular complexity index is 844. The molecule has 0 bridgehead atoms. The molecule has 1 amide bonds. The van der Waals surface area contributed by atoms with Crippen molar-refractivity contribution in [2.45, 2.75) is 30.7 Å². The molecule has 1 atom stereocenters. The number of piperazine rings is 1. The number of hydrogen-bond donors (Lipinski definition) is 0. The molecule has 0 unspecified atom stereocenters. The lowest BCUT2D eigenvalue weighted by Gasteiger charge is -2.39. The molecule has 2 heterocycles. The lowest BCUT2D eigenvalue weighted by molar-refractivity contribution is -0.133. The van der Waals surface area contributed by atoms with Crippen LogP contribution in [-0.2, 0) is 10.2 Å². The number of likely N-dealkylation sites (tertiary alicyclic amines) is 1. The molecule has 2 fully saturated rings. The number of nitrogens with zero attached hydrogens (tertiary/aromatic N) is 4. The number of carbonyl (C=O) groups is 1. The first-order chi connectivity index (χ1) is 16.0. The third kappa shape index (κ3) is 5.53. The minimum Gasteiger partial charge on any atom is -0.400 e. The molecule has 0 spiro atoms. The quantitative estimate of drug-likeness (QED) is 0.567. The molecule has 2 radical (unpaired) electrons. The van der Waals surface area contributed by atoms with Gasteiger partial charge in [-0.2, -0.15) is 0 Å². The minimum absolute atomic E-state index is 0.159. The van der Waals surface area contributed by atoms with Crippen molar-refractivity contribution >= 4 is 22.4 Å². The van der Waals surface area contributed by atoms with Crippen molar-refractivity contribution in [2.24, 2.45) is 0 Å². The number of carbonyl (C=O) groups excluding carboxylic acids is 1. The van der Waals surface area contributed by atoms with Crippen LogP contribution in [0.3, 0.4) is 0 Å². The number of benzene rings is 2. The molecular weight excluding hydrogens is 423 g/mol. The van der Waals surface area contributed by atoms with Crippen molar-refractivity contribution < 1.29 is 4.79 Å². The Hall–Kier alpha value is -1.68. The highest BCUT2D eigenvalue weighted by atomic mass is 27.1. The van der Waals surface area contributed by atoms with Gasteiger partial charge in [-0.15, -0.1) is 0 Å². The second-order valence-electron chi connectivity index (χ2n) is 9.76. The summed E-state index contributed by atoms with van der Waals surface area (Å²) in [6, 6.07) is 21.4. The van der Waals surface area contributed by atoms with Crippen LogP contribution in [0.15, 0.2) is 60.7 Å². The van der Waals surface area contributed by atoms with Gasteiger partial charge in [-0.25, -0.2) is 0 Å². The smallest absolute Gasteiger partial charge is 0.256 e. The van der Waals surface area contributed by atoms with E-state index in [1.54, 1.807) is 4.90 Å². The highest BCUT2D eigenvalue weighted by Gasteiger charge is 2.43. The molecule has 2 aromatic rings. The van der Waals surface area contributed by atoms with Gasteiger partial charge in [0.05, 0.1) is 0 Å². The van der Waals surface area contributed by atoms with Gasteiger partial charge in [0, 0.05) is 46.3 Å². The van der Waals surface area contributed by atoms with E-state index in [1.807, 2.05) is 26.2 Å². The van der Waals surface area contributed by atoms with Gasteiger partial charge in [-0.1, -0.05) is 60.7 Å². The number of hydrogen-bond acceptors (Lipinski definition) is 4. The Morgan fingerprint density at radius 2 is 1.52 bits per heavy atom. The number of amides is 1. The van der Waals surface area contributed by atoms with Crippen LogP contribution in [0.1, 0.15) is 30.4 Å². The predicted molar refractivity (Wildman–Crippen MR) is 135 cm³/mol. The second-order valence-corrected chi connectivity index (χ2v) is 10.5. The molecule has 5 nitrogen and oxygen atoms in total. The van der Waals surface area contributed by atoms with E-state index in [2.05, 4.69) is 78.7 Å². The largest absolute Gasteiger partial charge is 0.400 e. The zero-order chi connectivity index (χ0) is 23.3. The van der Waals surface area contributed by atoms with Crippen molar-refractivity contribution in [3.05, 3.63) is 71.8 Å². The fraction of sp³-hybridized carbons (Fsp3) is 0.519. The fourth-order valence-electron chi connectivity index (χ4n) is 5.59. The van der Waals surface area contributed by atoms with Gasteiger partial charge in [-0.3, -0.25) is 14.6 Å². The van der Waals surface area contributed by atoms with Crippen LogP contribution in [-0.4, -0.2) is 107 Å². The highest BCUT2D eigenvalue weighted by molar-refractivity contribution is 6.04. The van der Waals surface area contributed by atoms with Gasteiger partial charge >= 0.3 is 0 Å². The van der Waals surface area contributed by atoms with Crippen LogP contribution in [0.25, 0.3) is 0 Å². The molecule has 2 aliphatic rings. The predicted octanol–water partition coefficient (Wildman–Crippen LogP) is 2.62.